The van der Waals surface area contributed by atoms with Gasteiger partial charge in [0.1, 0.15) is 6.04 Å². The number of aryl methyl sites for hydroxylation is 1. The number of quaternary nitrogens is 1. The molecule has 1 atom stereocenters. The van der Waals surface area contributed by atoms with Crippen molar-refractivity contribution in [2.45, 2.75) is 46.1 Å². The summed E-state index contributed by atoms with van der Waals surface area (Å²) >= 11 is 0. The lowest BCUT2D eigenvalue weighted by atomic mass is 9.94. The smallest absolute Gasteiger partial charge is 0.279 e. The summed E-state index contributed by atoms with van der Waals surface area (Å²) in [4.78, 5) is 24.0. The predicted octanol–water partition coefficient (Wildman–Crippen LogP) is 3.29. The van der Waals surface area contributed by atoms with Crippen LogP contribution in [0.5, 0.6) is 0 Å². The Morgan fingerprint density at radius 2 is 1.66 bits per heavy atom. The van der Waals surface area contributed by atoms with Crippen LogP contribution in [0.1, 0.15) is 61.1 Å². The zero-order chi connectivity index (χ0) is 21.2. The Balaban J connectivity index is 1.92. The van der Waals surface area contributed by atoms with Gasteiger partial charge in [0.15, 0.2) is 6.54 Å². The fraction of sp³-hybridized carbons (Fsp3) is 0.417. The minimum atomic E-state index is -0.142. The van der Waals surface area contributed by atoms with Crippen LogP contribution < -0.4 is 16.0 Å². The first-order chi connectivity index (χ1) is 13.9. The van der Waals surface area contributed by atoms with E-state index < -0.39 is 0 Å². The van der Waals surface area contributed by atoms with Gasteiger partial charge in [0.2, 0.25) is 0 Å². The maximum atomic E-state index is 12.4. The second-order valence-corrected chi connectivity index (χ2v) is 7.76. The number of nitrogens with one attached hydrogen (secondary N) is 2. The van der Waals surface area contributed by atoms with E-state index in [2.05, 4.69) is 61.0 Å². The average molecular weight is 397 g/mol. The summed E-state index contributed by atoms with van der Waals surface area (Å²) in [6, 6.07) is 15.9. The SMILES string of the molecule is CCCCc1ccc([C@H]([NH2+]CC(=O)Nc2ccc(C(=O)NC)cc2)C(C)C)cc1. The van der Waals surface area contributed by atoms with Crippen molar-refractivity contribution in [1.82, 2.24) is 5.32 Å². The number of carbonyl (C=O) groups is 2. The highest BCUT2D eigenvalue weighted by molar-refractivity contribution is 5.95. The molecule has 0 aromatic heterocycles. The van der Waals surface area contributed by atoms with Crippen LogP contribution in [0.15, 0.2) is 48.5 Å². The number of hydrogen-bond acceptors (Lipinski definition) is 2. The molecule has 29 heavy (non-hydrogen) atoms. The van der Waals surface area contributed by atoms with Crippen molar-refractivity contribution in [3.8, 4) is 0 Å². The topological polar surface area (TPSA) is 74.8 Å². The van der Waals surface area contributed by atoms with Gasteiger partial charge < -0.3 is 16.0 Å². The molecule has 2 rings (SSSR count). The van der Waals surface area contributed by atoms with Crippen molar-refractivity contribution in [2.24, 2.45) is 5.92 Å². The van der Waals surface area contributed by atoms with Gasteiger partial charge in [-0.25, -0.2) is 0 Å². The van der Waals surface area contributed by atoms with E-state index in [9.17, 15) is 9.59 Å². The number of amides is 2. The van der Waals surface area contributed by atoms with E-state index in [1.54, 1.807) is 31.3 Å². The summed E-state index contributed by atoms with van der Waals surface area (Å²) < 4.78 is 0. The van der Waals surface area contributed by atoms with Gasteiger partial charge >= 0.3 is 0 Å². The Hall–Kier alpha value is -2.66. The zero-order valence-electron chi connectivity index (χ0n) is 18.0. The number of anilines is 1. The van der Waals surface area contributed by atoms with E-state index in [1.807, 2.05) is 0 Å². The molecule has 0 aliphatic carbocycles. The predicted molar refractivity (Wildman–Crippen MR) is 118 cm³/mol. The summed E-state index contributed by atoms with van der Waals surface area (Å²) in [6.45, 7) is 6.92. The molecule has 0 saturated heterocycles. The second kappa shape index (κ2) is 11.4. The highest BCUT2D eigenvalue weighted by Crippen LogP contribution is 2.19. The molecule has 0 fully saturated rings. The quantitative estimate of drug-likeness (QED) is 0.576. The maximum Gasteiger partial charge on any atom is 0.279 e. The normalized spacial score (nSPS) is 11.9. The number of rotatable bonds is 10. The third kappa shape index (κ3) is 7.02. The number of hydrogen-bond donors (Lipinski definition) is 3. The molecule has 2 aromatic rings. The van der Waals surface area contributed by atoms with E-state index in [0.717, 1.165) is 6.42 Å². The molecular weight excluding hydrogens is 362 g/mol. The fourth-order valence-corrected chi connectivity index (χ4v) is 3.38. The van der Waals surface area contributed by atoms with Crippen LogP contribution in [-0.4, -0.2) is 25.4 Å². The van der Waals surface area contributed by atoms with Gasteiger partial charge in [-0.1, -0.05) is 51.5 Å². The van der Waals surface area contributed by atoms with Crippen molar-refractivity contribution >= 4 is 17.5 Å². The molecule has 0 unspecified atom stereocenters. The van der Waals surface area contributed by atoms with E-state index in [4.69, 9.17) is 0 Å². The Labute approximate surface area is 174 Å². The number of nitrogens with two attached hydrogens (primary N) is 1. The highest BCUT2D eigenvalue weighted by atomic mass is 16.2. The molecule has 5 nitrogen and oxygen atoms in total. The standard InChI is InChI=1S/C24H33N3O2/c1-5-6-7-18-8-10-19(11-9-18)23(17(2)3)26-16-22(28)27-21-14-12-20(13-15-21)24(29)25-4/h8-15,17,23,26H,5-7,16H2,1-4H3,(H,25,29)(H,27,28)/p+1/t23-/m1/s1. The molecule has 0 heterocycles. The molecule has 0 saturated carbocycles. The first-order valence-corrected chi connectivity index (χ1v) is 10.5. The second-order valence-electron chi connectivity index (χ2n) is 7.76. The lowest BCUT2D eigenvalue weighted by Crippen LogP contribution is -2.88. The minimum absolute atomic E-state index is 0.0529. The van der Waals surface area contributed by atoms with Gasteiger partial charge in [-0.3, -0.25) is 9.59 Å². The van der Waals surface area contributed by atoms with E-state index in [1.165, 1.54) is 24.0 Å². The lowest BCUT2D eigenvalue weighted by molar-refractivity contribution is -0.692. The van der Waals surface area contributed by atoms with Crippen LogP contribution in [-0.2, 0) is 11.2 Å². The van der Waals surface area contributed by atoms with Crippen molar-refractivity contribution in [3.05, 3.63) is 65.2 Å². The fourth-order valence-electron chi connectivity index (χ4n) is 3.38. The minimum Gasteiger partial charge on any atom is -0.355 e. The van der Waals surface area contributed by atoms with E-state index in [0.29, 0.717) is 23.7 Å². The van der Waals surface area contributed by atoms with Crippen LogP contribution in [0.25, 0.3) is 0 Å². The molecule has 2 aromatic carbocycles. The van der Waals surface area contributed by atoms with Crippen LogP contribution in [0, 0.1) is 5.92 Å². The maximum absolute atomic E-state index is 12.4. The molecule has 0 spiro atoms. The molecule has 4 N–H and O–H groups in total. The van der Waals surface area contributed by atoms with Crippen LogP contribution in [0.2, 0.25) is 0 Å². The highest BCUT2D eigenvalue weighted by Gasteiger charge is 2.20. The summed E-state index contributed by atoms with van der Waals surface area (Å²) in [5.74, 6) is 0.218. The molecule has 0 aliphatic rings. The molecule has 156 valence electrons. The first kappa shape index (κ1) is 22.6. The van der Waals surface area contributed by atoms with Crippen LogP contribution >= 0.6 is 0 Å². The average Bonchev–Trinajstić information content (AvgIpc) is 2.73. The first-order valence-electron chi connectivity index (χ1n) is 10.5. The van der Waals surface area contributed by atoms with Gasteiger partial charge in [-0.2, -0.15) is 0 Å². The summed E-state index contributed by atoms with van der Waals surface area (Å²) in [5, 5.41) is 7.58. The molecule has 0 radical (unpaired) electrons. The van der Waals surface area contributed by atoms with Gasteiger partial charge in [0, 0.05) is 29.8 Å². The Kier molecular flexibility index (Phi) is 8.87. The van der Waals surface area contributed by atoms with Gasteiger partial charge in [-0.05, 0) is 42.7 Å². The summed E-state index contributed by atoms with van der Waals surface area (Å²) in [6.07, 6.45) is 3.53. The van der Waals surface area contributed by atoms with Crippen molar-refractivity contribution in [1.29, 1.82) is 0 Å². The number of carbonyl (C=O) groups excluding carboxylic acids is 2. The van der Waals surface area contributed by atoms with Crippen molar-refractivity contribution in [3.63, 3.8) is 0 Å². The van der Waals surface area contributed by atoms with E-state index >= 15 is 0 Å². The Morgan fingerprint density at radius 1 is 1.00 bits per heavy atom. The molecule has 2 amide bonds. The van der Waals surface area contributed by atoms with Gasteiger partial charge in [0.25, 0.3) is 11.8 Å². The molecule has 0 bridgehead atoms. The van der Waals surface area contributed by atoms with Gasteiger partial charge in [0.05, 0.1) is 0 Å². The lowest BCUT2D eigenvalue weighted by Gasteiger charge is -2.20. The number of benzene rings is 2. The van der Waals surface area contributed by atoms with Crippen molar-refractivity contribution in [2.75, 3.05) is 18.9 Å². The van der Waals surface area contributed by atoms with Crippen LogP contribution in [0.4, 0.5) is 5.69 Å². The molecule has 0 aliphatic heterocycles. The monoisotopic (exact) mass is 396 g/mol. The summed E-state index contributed by atoms with van der Waals surface area (Å²) in [5.41, 5.74) is 3.88. The van der Waals surface area contributed by atoms with Crippen LogP contribution in [0.3, 0.4) is 0 Å². The largest absolute Gasteiger partial charge is 0.355 e. The summed E-state index contributed by atoms with van der Waals surface area (Å²) in [7, 11) is 1.59. The third-order valence-corrected chi connectivity index (χ3v) is 5.12. The van der Waals surface area contributed by atoms with Crippen molar-refractivity contribution < 1.29 is 14.9 Å². The van der Waals surface area contributed by atoms with Gasteiger partial charge in [-0.15, -0.1) is 0 Å². The molecular formula is C24H34N3O2+. The number of unbranched alkanes of at least 4 members (excludes halogenated alkanes) is 1. The third-order valence-electron chi connectivity index (χ3n) is 5.12. The zero-order valence-corrected chi connectivity index (χ0v) is 18.0. The Bertz CT molecular complexity index is 783. The Morgan fingerprint density at radius 3 is 2.21 bits per heavy atom. The van der Waals surface area contributed by atoms with E-state index in [-0.39, 0.29) is 17.9 Å². The molecule has 5 heteroatoms.